The second-order valence-corrected chi connectivity index (χ2v) is 7.71. The first-order valence-electron chi connectivity index (χ1n) is 6.65. The highest BCUT2D eigenvalue weighted by molar-refractivity contribution is 7.91. The van der Waals surface area contributed by atoms with Gasteiger partial charge in [-0.1, -0.05) is 6.42 Å². The summed E-state index contributed by atoms with van der Waals surface area (Å²) in [6, 6.07) is 2.15. The van der Waals surface area contributed by atoms with E-state index in [1.54, 1.807) is 0 Å². The van der Waals surface area contributed by atoms with Crippen molar-refractivity contribution in [3.63, 3.8) is 0 Å². The summed E-state index contributed by atoms with van der Waals surface area (Å²) in [5.74, 6) is 0.335. The molecule has 1 heterocycles. The first-order valence-corrected chi connectivity index (χ1v) is 8.60. The van der Waals surface area contributed by atoms with Crippen LogP contribution < -0.4 is 5.32 Å². The van der Waals surface area contributed by atoms with Gasteiger partial charge in [-0.15, -0.1) is 0 Å². The third kappa shape index (κ3) is 4.33. The van der Waals surface area contributed by atoms with Crippen LogP contribution in [0.3, 0.4) is 0 Å². The Labute approximate surface area is 121 Å². The zero-order valence-electron chi connectivity index (χ0n) is 11.5. The average Bonchev–Trinajstić information content (AvgIpc) is 2.37. The fraction of sp³-hybridized carbons (Fsp3) is 0.615. The Morgan fingerprint density at radius 2 is 2.00 bits per heavy atom. The standard InChI is InChI=1S/C13H17F3N2O2S/c1-21(19,20)11-4-2-3-10(7-11)18-12-6-5-9(8-17-12)13(14,15)16/h5-6,8,10-11H,2-4,7H2,1H3,(H,17,18). The van der Waals surface area contributed by atoms with E-state index in [0.29, 0.717) is 18.7 Å². The lowest BCUT2D eigenvalue weighted by atomic mass is 9.95. The maximum atomic E-state index is 12.4. The van der Waals surface area contributed by atoms with E-state index in [0.717, 1.165) is 25.1 Å². The number of alkyl halides is 3. The number of pyridine rings is 1. The second kappa shape index (κ2) is 5.82. The Morgan fingerprint density at radius 3 is 2.52 bits per heavy atom. The molecule has 0 bridgehead atoms. The molecule has 4 nitrogen and oxygen atoms in total. The van der Waals surface area contributed by atoms with Crippen LogP contribution in [0.1, 0.15) is 31.2 Å². The van der Waals surface area contributed by atoms with Crippen LogP contribution in [0.25, 0.3) is 0 Å². The van der Waals surface area contributed by atoms with Crippen LogP contribution >= 0.6 is 0 Å². The van der Waals surface area contributed by atoms with Crippen molar-refractivity contribution in [1.82, 2.24) is 4.98 Å². The van der Waals surface area contributed by atoms with Gasteiger partial charge in [0.05, 0.1) is 10.8 Å². The molecule has 8 heteroatoms. The monoisotopic (exact) mass is 322 g/mol. The van der Waals surface area contributed by atoms with E-state index in [2.05, 4.69) is 10.3 Å². The van der Waals surface area contributed by atoms with E-state index in [9.17, 15) is 21.6 Å². The number of nitrogens with zero attached hydrogens (tertiary/aromatic N) is 1. The molecule has 0 radical (unpaired) electrons. The summed E-state index contributed by atoms with van der Waals surface area (Å²) in [6.45, 7) is 0. The molecule has 0 spiro atoms. The van der Waals surface area contributed by atoms with Gasteiger partial charge in [-0.05, 0) is 31.4 Å². The van der Waals surface area contributed by atoms with Crippen LogP contribution in [0.15, 0.2) is 18.3 Å². The Morgan fingerprint density at radius 1 is 1.29 bits per heavy atom. The normalized spacial score (nSPS) is 23.8. The van der Waals surface area contributed by atoms with Crippen LogP contribution in [0.2, 0.25) is 0 Å². The zero-order chi connectivity index (χ0) is 15.7. The summed E-state index contributed by atoms with van der Waals surface area (Å²) in [5.41, 5.74) is -0.800. The third-order valence-electron chi connectivity index (χ3n) is 3.67. The van der Waals surface area contributed by atoms with Gasteiger partial charge in [0, 0.05) is 18.5 Å². The molecule has 1 aliphatic rings. The van der Waals surface area contributed by atoms with Crippen LogP contribution in [0.4, 0.5) is 19.0 Å². The molecule has 1 aromatic rings. The summed E-state index contributed by atoms with van der Waals surface area (Å²) in [5, 5.41) is 2.63. The van der Waals surface area contributed by atoms with E-state index < -0.39 is 26.8 Å². The predicted octanol–water partition coefficient (Wildman–Crippen LogP) is 2.87. The van der Waals surface area contributed by atoms with Crippen molar-refractivity contribution in [3.8, 4) is 0 Å². The third-order valence-corrected chi connectivity index (χ3v) is 5.31. The van der Waals surface area contributed by atoms with Crippen LogP contribution in [-0.4, -0.2) is 30.9 Å². The molecular formula is C13H17F3N2O2S. The van der Waals surface area contributed by atoms with E-state index >= 15 is 0 Å². The lowest BCUT2D eigenvalue weighted by Gasteiger charge is -2.29. The molecule has 2 atom stereocenters. The fourth-order valence-corrected chi connectivity index (χ4v) is 3.70. The Bertz CT molecular complexity index is 584. The number of hydrogen-bond donors (Lipinski definition) is 1. The largest absolute Gasteiger partial charge is 0.417 e. The lowest BCUT2D eigenvalue weighted by Crippen LogP contribution is -2.34. The molecular weight excluding hydrogens is 305 g/mol. The summed E-state index contributed by atoms with van der Waals surface area (Å²) in [6.07, 6.45) is 0.247. The molecule has 0 aliphatic heterocycles. The van der Waals surface area contributed by atoms with Gasteiger partial charge < -0.3 is 5.32 Å². The van der Waals surface area contributed by atoms with E-state index in [-0.39, 0.29) is 6.04 Å². The molecule has 118 valence electrons. The molecule has 0 saturated heterocycles. The highest BCUT2D eigenvalue weighted by Gasteiger charge is 2.31. The molecule has 1 saturated carbocycles. The lowest BCUT2D eigenvalue weighted by molar-refractivity contribution is -0.137. The summed E-state index contributed by atoms with van der Waals surface area (Å²) in [4.78, 5) is 3.75. The van der Waals surface area contributed by atoms with Gasteiger partial charge in [0.2, 0.25) is 0 Å². The molecule has 1 fully saturated rings. The molecule has 1 aromatic heterocycles. The van der Waals surface area contributed by atoms with Crippen molar-refractivity contribution in [1.29, 1.82) is 0 Å². The van der Waals surface area contributed by atoms with Crippen molar-refractivity contribution >= 4 is 15.7 Å². The summed E-state index contributed by atoms with van der Waals surface area (Å²) < 4.78 is 60.4. The summed E-state index contributed by atoms with van der Waals surface area (Å²) in [7, 11) is -3.09. The highest BCUT2D eigenvalue weighted by Crippen LogP contribution is 2.30. The number of halogens is 3. The quantitative estimate of drug-likeness (QED) is 0.929. The number of hydrogen-bond acceptors (Lipinski definition) is 4. The Kier molecular flexibility index (Phi) is 4.46. The molecule has 0 amide bonds. The topological polar surface area (TPSA) is 59.1 Å². The zero-order valence-corrected chi connectivity index (χ0v) is 12.3. The molecule has 0 aromatic carbocycles. The van der Waals surface area contributed by atoms with Gasteiger partial charge >= 0.3 is 6.18 Å². The number of nitrogens with one attached hydrogen (secondary N) is 1. The van der Waals surface area contributed by atoms with Crippen molar-refractivity contribution in [2.24, 2.45) is 0 Å². The minimum absolute atomic E-state index is 0.0808. The van der Waals surface area contributed by atoms with Crippen molar-refractivity contribution in [2.75, 3.05) is 11.6 Å². The minimum Gasteiger partial charge on any atom is -0.367 e. The number of aromatic nitrogens is 1. The van der Waals surface area contributed by atoms with E-state index in [1.807, 2.05) is 0 Å². The molecule has 1 aliphatic carbocycles. The van der Waals surface area contributed by atoms with Gasteiger partial charge in [-0.2, -0.15) is 13.2 Å². The van der Waals surface area contributed by atoms with Gasteiger partial charge in [0.1, 0.15) is 15.7 Å². The molecule has 2 unspecified atom stereocenters. The highest BCUT2D eigenvalue weighted by atomic mass is 32.2. The Hall–Kier alpha value is -1.31. The molecule has 2 rings (SSSR count). The van der Waals surface area contributed by atoms with Crippen LogP contribution in [0, 0.1) is 0 Å². The first-order chi connectivity index (χ1) is 9.66. The molecule has 1 N–H and O–H groups in total. The van der Waals surface area contributed by atoms with Crippen molar-refractivity contribution in [3.05, 3.63) is 23.9 Å². The predicted molar refractivity (Wildman–Crippen MR) is 73.7 cm³/mol. The van der Waals surface area contributed by atoms with Gasteiger partial charge in [0.15, 0.2) is 0 Å². The van der Waals surface area contributed by atoms with Gasteiger partial charge in [-0.25, -0.2) is 13.4 Å². The number of sulfone groups is 1. The maximum Gasteiger partial charge on any atom is 0.417 e. The first kappa shape index (κ1) is 16.1. The van der Waals surface area contributed by atoms with Crippen molar-refractivity contribution in [2.45, 2.75) is 43.2 Å². The van der Waals surface area contributed by atoms with E-state index in [4.69, 9.17) is 0 Å². The fourth-order valence-electron chi connectivity index (χ4n) is 2.52. The number of anilines is 1. The maximum absolute atomic E-state index is 12.4. The minimum atomic E-state index is -4.41. The average molecular weight is 322 g/mol. The van der Waals surface area contributed by atoms with E-state index in [1.165, 1.54) is 12.3 Å². The number of rotatable bonds is 3. The smallest absolute Gasteiger partial charge is 0.367 e. The molecule has 21 heavy (non-hydrogen) atoms. The van der Waals surface area contributed by atoms with Crippen LogP contribution in [-0.2, 0) is 16.0 Å². The van der Waals surface area contributed by atoms with Gasteiger partial charge in [0.25, 0.3) is 0 Å². The second-order valence-electron chi connectivity index (χ2n) is 5.39. The van der Waals surface area contributed by atoms with Gasteiger partial charge in [-0.3, -0.25) is 0 Å². The SMILES string of the molecule is CS(=O)(=O)C1CCCC(Nc2ccc(C(F)(F)F)cn2)C1. The van der Waals surface area contributed by atoms with Crippen molar-refractivity contribution < 1.29 is 21.6 Å². The summed E-state index contributed by atoms with van der Waals surface area (Å²) >= 11 is 0. The Balaban J connectivity index is 2.01. The van der Waals surface area contributed by atoms with Crippen LogP contribution in [0.5, 0.6) is 0 Å².